The van der Waals surface area contributed by atoms with Crippen LogP contribution >= 0.6 is 0 Å². The molecule has 0 unspecified atom stereocenters. The fraction of sp³-hybridized carbons (Fsp3) is 0.111. The fourth-order valence-corrected chi connectivity index (χ4v) is 3.80. The molecule has 0 amide bonds. The third kappa shape index (κ3) is 4.42. The van der Waals surface area contributed by atoms with Crippen LogP contribution in [0.3, 0.4) is 0 Å². The minimum absolute atomic E-state index is 0.287. The van der Waals surface area contributed by atoms with E-state index in [2.05, 4.69) is 19.1 Å². The molecule has 1 atom stereocenters. The average molecular weight is 438 g/mol. The van der Waals surface area contributed by atoms with Gasteiger partial charge in [-0.15, -0.1) is 0 Å². The van der Waals surface area contributed by atoms with Gasteiger partial charge >= 0.3 is 0 Å². The Labute approximate surface area is 183 Å². The fourth-order valence-electron chi connectivity index (χ4n) is 3.80. The highest BCUT2D eigenvalue weighted by molar-refractivity contribution is 5.72. The second-order valence-corrected chi connectivity index (χ2v) is 7.78. The molecular weight excluding hydrogens is 419 g/mol. The van der Waals surface area contributed by atoms with Gasteiger partial charge in [0.25, 0.3) is 0 Å². The smallest absolute Gasteiger partial charge is 0.194 e. The van der Waals surface area contributed by atoms with Gasteiger partial charge in [-0.3, -0.25) is 0 Å². The molecule has 0 fully saturated rings. The molecular formula is C27H19F5. The summed E-state index contributed by atoms with van der Waals surface area (Å²) in [5.74, 6) is -6.38. The van der Waals surface area contributed by atoms with Gasteiger partial charge in [-0.2, -0.15) is 0 Å². The molecule has 0 spiro atoms. The van der Waals surface area contributed by atoms with Crippen LogP contribution < -0.4 is 0 Å². The second-order valence-electron chi connectivity index (χ2n) is 7.78. The van der Waals surface area contributed by atoms with Gasteiger partial charge in [0, 0.05) is 0 Å². The molecule has 0 radical (unpaired) electrons. The molecule has 0 nitrogen and oxygen atoms in total. The maximum atomic E-state index is 14.7. The molecule has 4 aromatic carbocycles. The highest BCUT2D eigenvalue weighted by Crippen LogP contribution is 2.33. The highest BCUT2D eigenvalue weighted by atomic mass is 19.2. The van der Waals surface area contributed by atoms with Crippen molar-refractivity contribution in [2.75, 3.05) is 0 Å². The van der Waals surface area contributed by atoms with Gasteiger partial charge in [0.15, 0.2) is 17.5 Å². The van der Waals surface area contributed by atoms with Gasteiger partial charge in [-0.1, -0.05) is 61.5 Å². The maximum absolute atomic E-state index is 14.7. The number of hydrogen-bond acceptors (Lipinski definition) is 0. The summed E-state index contributed by atoms with van der Waals surface area (Å²) < 4.78 is 69.6. The Kier molecular flexibility index (Phi) is 6.08. The Hall–Kier alpha value is -3.47. The van der Waals surface area contributed by atoms with Crippen molar-refractivity contribution in [2.45, 2.75) is 19.3 Å². The predicted molar refractivity (Wildman–Crippen MR) is 116 cm³/mol. The van der Waals surface area contributed by atoms with Crippen molar-refractivity contribution in [1.82, 2.24) is 0 Å². The molecule has 0 saturated heterocycles. The molecule has 0 saturated carbocycles. The zero-order valence-electron chi connectivity index (χ0n) is 17.2. The first-order valence-electron chi connectivity index (χ1n) is 10.1. The summed E-state index contributed by atoms with van der Waals surface area (Å²) in [6, 6.07) is 20.8. The van der Waals surface area contributed by atoms with Crippen LogP contribution in [0.1, 0.15) is 24.0 Å². The van der Waals surface area contributed by atoms with Crippen LogP contribution in [0.15, 0.2) is 78.9 Å². The standard InChI is InChI=1S/C27H19F5/c1-16(18-5-3-2-4-6-18)11-17-7-9-19(10-8-17)20-12-22(28)26(23(29)13-20)21-14-24(30)27(32)25(31)15-21/h2-10,12-16H,11H2,1H3/t16-/m1/s1. The van der Waals surface area contributed by atoms with Crippen LogP contribution in [0.25, 0.3) is 22.3 Å². The number of benzene rings is 4. The van der Waals surface area contributed by atoms with Crippen LogP contribution in [-0.4, -0.2) is 0 Å². The van der Waals surface area contributed by atoms with E-state index in [1.807, 2.05) is 30.3 Å². The zero-order valence-corrected chi connectivity index (χ0v) is 17.2. The lowest BCUT2D eigenvalue weighted by Gasteiger charge is -2.13. The summed E-state index contributed by atoms with van der Waals surface area (Å²) in [6.07, 6.45) is 0.813. The van der Waals surface area contributed by atoms with Crippen LogP contribution in [0.5, 0.6) is 0 Å². The summed E-state index contributed by atoms with van der Waals surface area (Å²) in [4.78, 5) is 0. The van der Waals surface area contributed by atoms with E-state index in [-0.39, 0.29) is 5.56 Å². The normalized spacial score (nSPS) is 12.1. The molecule has 0 aliphatic carbocycles. The van der Waals surface area contributed by atoms with E-state index in [0.717, 1.165) is 24.1 Å². The number of rotatable bonds is 5. The quantitative estimate of drug-likeness (QED) is 0.218. The van der Waals surface area contributed by atoms with Gasteiger partial charge in [0.1, 0.15) is 11.6 Å². The maximum Gasteiger partial charge on any atom is 0.194 e. The van der Waals surface area contributed by atoms with Crippen molar-refractivity contribution in [3.63, 3.8) is 0 Å². The molecule has 0 aliphatic heterocycles. The first kappa shape index (κ1) is 21.8. The lowest BCUT2D eigenvalue weighted by atomic mass is 9.92. The van der Waals surface area contributed by atoms with E-state index in [0.29, 0.717) is 23.6 Å². The Morgan fingerprint density at radius 1 is 0.594 bits per heavy atom. The van der Waals surface area contributed by atoms with Crippen LogP contribution in [0.4, 0.5) is 22.0 Å². The Balaban J connectivity index is 1.59. The van der Waals surface area contributed by atoms with Crippen molar-refractivity contribution in [3.05, 3.63) is 119 Å². The predicted octanol–water partition coefficient (Wildman–Crippen LogP) is 8.06. The SMILES string of the molecule is C[C@H](Cc1ccc(-c2cc(F)c(-c3cc(F)c(F)c(F)c3)c(F)c2)cc1)c1ccccc1. The topological polar surface area (TPSA) is 0 Å². The van der Waals surface area contributed by atoms with Crippen molar-refractivity contribution in [1.29, 1.82) is 0 Å². The molecule has 0 aliphatic rings. The lowest BCUT2D eigenvalue weighted by molar-refractivity contribution is 0.447. The number of hydrogen-bond donors (Lipinski definition) is 0. The molecule has 32 heavy (non-hydrogen) atoms. The summed E-state index contributed by atoms with van der Waals surface area (Å²) in [5.41, 5.74) is 2.18. The molecule has 162 valence electrons. The summed E-state index contributed by atoms with van der Waals surface area (Å²) in [7, 11) is 0. The van der Waals surface area contributed by atoms with Crippen molar-refractivity contribution < 1.29 is 22.0 Å². The first-order chi connectivity index (χ1) is 15.3. The van der Waals surface area contributed by atoms with Crippen molar-refractivity contribution in [3.8, 4) is 22.3 Å². The Morgan fingerprint density at radius 2 is 1.12 bits per heavy atom. The molecule has 0 bridgehead atoms. The highest BCUT2D eigenvalue weighted by Gasteiger charge is 2.19. The molecule has 0 N–H and O–H groups in total. The van der Waals surface area contributed by atoms with Crippen molar-refractivity contribution >= 4 is 0 Å². The van der Waals surface area contributed by atoms with Crippen LogP contribution in [-0.2, 0) is 6.42 Å². The van der Waals surface area contributed by atoms with Crippen LogP contribution in [0, 0.1) is 29.1 Å². The van der Waals surface area contributed by atoms with Crippen LogP contribution in [0.2, 0.25) is 0 Å². The summed E-state index contributed by atoms with van der Waals surface area (Å²) in [5, 5.41) is 0. The Morgan fingerprint density at radius 3 is 1.69 bits per heavy atom. The third-order valence-electron chi connectivity index (χ3n) is 5.51. The summed E-state index contributed by atoms with van der Waals surface area (Å²) >= 11 is 0. The van der Waals surface area contributed by atoms with Gasteiger partial charge < -0.3 is 0 Å². The van der Waals surface area contributed by atoms with E-state index < -0.39 is 40.2 Å². The van der Waals surface area contributed by atoms with Gasteiger partial charge in [-0.25, -0.2) is 22.0 Å². The third-order valence-corrected chi connectivity index (χ3v) is 5.51. The van der Waals surface area contributed by atoms with E-state index in [1.54, 1.807) is 12.1 Å². The Bertz CT molecular complexity index is 1200. The molecule has 5 heteroatoms. The minimum Gasteiger partial charge on any atom is -0.206 e. The largest absolute Gasteiger partial charge is 0.206 e. The van der Waals surface area contributed by atoms with E-state index in [1.165, 1.54) is 5.56 Å². The van der Waals surface area contributed by atoms with Gasteiger partial charge in [0.05, 0.1) is 5.56 Å². The van der Waals surface area contributed by atoms with E-state index in [4.69, 9.17) is 0 Å². The molecule has 0 aromatic heterocycles. The van der Waals surface area contributed by atoms with E-state index >= 15 is 0 Å². The number of halogens is 5. The van der Waals surface area contributed by atoms with Gasteiger partial charge in [0.2, 0.25) is 0 Å². The lowest BCUT2D eigenvalue weighted by Crippen LogP contribution is -1.98. The zero-order chi connectivity index (χ0) is 22.8. The first-order valence-corrected chi connectivity index (χ1v) is 10.1. The monoisotopic (exact) mass is 438 g/mol. The average Bonchev–Trinajstić information content (AvgIpc) is 2.78. The van der Waals surface area contributed by atoms with Gasteiger partial charge in [-0.05, 0) is 64.4 Å². The van der Waals surface area contributed by atoms with Crippen molar-refractivity contribution in [2.24, 2.45) is 0 Å². The molecule has 4 aromatic rings. The summed E-state index contributed by atoms with van der Waals surface area (Å²) in [6.45, 7) is 2.13. The van der Waals surface area contributed by atoms with E-state index in [9.17, 15) is 22.0 Å². The molecule has 0 heterocycles. The minimum atomic E-state index is -1.69. The molecule has 4 rings (SSSR count). The second kappa shape index (κ2) is 8.95.